The van der Waals surface area contributed by atoms with Crippen LogP contribution in [0.1, 0.15) is 11.4 Å². The first-order valence-electron chi connectivity index (χ1n) is 6.10. The average Bonchev–Trinajstić information content (AvgIpc) is 2.79. The second kappa shape index (κ2) is 5.08. The molecule has 3 aromatic rings. The molecule has 0 saturated heterocycles. The molecular weight excluding hydrogens is 298 g/mol. The monoisotopic (exact) mass is 308 g/mol. The van der Waals surface area contributed by atoms with Crippen molar-refractivity contribution in [3.63, 3.8) is 0 Å². The average molecular weight is 309 g/mol. The van der Waals surface area contributed by atoms with E-state index in [9.17, 15) is 4.39 Å². The molecule has 0 bridgehead atoms. The van der Waals surface area contributed by atoms with Crippen molar-refractivity contribution in [1.82, 2.24) is 9.55 Å². The minimum atomic E-state index is -0.324. The van der Waals surface area contributed by atoms with Gasteiger partial charge in [0.05, 0.1) is 27.6 Å². The molecule has 0 saturated carbocycles. The highest BCUT2D eigenvalue weighted by molar-refractivity contribution is 6.35. The number of benzene rings is 2. The Morgan fingerprint density at radius 3 is 2.65 bits per heavy atom. The Morgan fingerprint density at radius 1 is 1.20 bits per heavy atom. The molecule has 0 atom stereocenters. The molecule has 102 valence electrons. The largest absolute Gasteiger partial charge is 0.291 e. The Balaban J connectivity index is 2.46. The van der Waals surface area contributed by atoms with Crippen LogP contribution in [-0.4, -0.2) is 9.55 Å². The van der Waals surface area contributed by atoms with Crippen LogP contribution in [0.5, 0.6) is 0 Å². The number of imidazole rings is 1. The van der Waals surface area contributed by atoms with Gasteiger partial charge in [0.15, 0.2) is 0 Å². The molecule has 20 heavy (non-hydrogen) atoms. The normalized spacial score (nSPS) is 11.2. The fraction of sp³-hybridized carbons (Fsp3) is 0.133. The first-order chi connectivity index (χ1) is 9.63. The van der Waals surface area contributed by atoms with Crippen LogP contribution in [0.3, 0.4) is 0 Å². The lowest BCUT2D eigenvalue weighted by molar-refractivity contribution is 0.616. The number of para-hydroxylation sites is 2. The van der Waals surface area contributed by atoms with Gasteiger partial charge in [-0.3, -0.25) is 4.57 Å². The maximum absolute atomic E-state index is 14.3. The van der Waals surface area contributed by atoms with Crippen molar-refractivity contribution in [3.05, 3.63) is 58.6 Å². The van der Waals surface area contributed by atoms with E-state index >= 15 is 0 Å². The first kappa shape index (κ1) is 13.4. The Kier molecular flexibility index (Phi) is 3.40. The lowest BCUT2D eigenvalue weighted by atomic mass is 10.2. The standard InChI is InChI=1S/C15H11Cl2FN2/c1-9-4-2-6-11(18)14(9)20-13(8-16)19-12-7-3-5-10(17)15(12)20/h2-7H,8H2,1H3. The third-order valence-corrected chi connectivity index (χ3v) is 3.77. The van der Waals surface area contributed by atoms with Crippen LogP contribution < -0.4 is 0 Å². The van der Waals surface area contributed by atoms with E-state index < -0.39 is 0 Å². The van der Waals surface area contributed by atoms with Crippen LogP contribution in [0.15, 0.2) is 36.4 Å². The van der Waals surface area contributed by atoms with E-state index in [1.165, 1.54) is 6.07 Å². The summed E-state index contributed by atoms with van der Waals surface area (Å²) < 4.78 is 16.0. The Labute approximate surface area is 125 Å². The van der Waals surface area contributed by atoms with Crippen molar-refractivity contribution in [1.29, 1.82) is 0 Å². The van der Waals surface area contributed by atoms with Gasteiger partial charge in [-0.15, -0.1) is 11.6 Å². The lowest BCUT2D eigenvalue weighted by Gasteiger charge is -2.12. The highest BCUT2D eigenvalue weighted by Crippen LogP contribution is 2.31. The molecule has 0 aliphatic carbocycles. The summed E-state index contributed by atoms with van der Waals surface area (Å²) in [5.74, 6) is 0.428. The maximum Gasteiger partial charge on any atom is 0.147 e. The zero-order valence-corrected chi connectivity index (χ0v) is 12.2. The molecule has 2 aromatic carbocycles. The van der Waals surface area contributed by atoms with E-state index in [1.54, 1.807) is 16.7 Å². The van der Waals surface area contributed by atoms with Crippen molar-refractivity contribution in [2.45, 2.75) is 12.8 Å². The molecule has 5 heteroatoms. The number of nitrogens with zero attached hydrogens (tertiary/aromatic N) is 2. The third-order valence-electron chi connectivity index (χ3n) is 3.23. The highest BCUT2D eigenvalue weighted by atomic mass is 35.5. The predicted octanol–water partition coefficient (Wildman–Crippen LogP) is 4.87. The van der Waals surface area contributed by atoms with Crippen molar-refractivity contribution >= 4 is 34.2 Å². The molecule has 3 rings (SSSR count). The van der Waals surface area contributed by atoms with Gasteiger partial charge >= 0.3 is 0 Å². The summed E-state index contributed by atoms with van der Waals surface area (Å²) in [5.41, 5.74) is 2.63. The molecule has 0 amide bonds. The summed E-state index contributed by atoms with van der Waals surface area (Å²) in [6.07, 6.45) is 0. The highest BCUT2D eigenvalue weighted by Gasteiger charge is 2.18. The topological polar surface area (TPSA) is 17.8 Å². The molecular formula is C15H11Cl2FN2. The van der Waals surface area contributed by atoms with E-state index in [0.717, 1.165) is 5.56 Å². The summed E-state index contributed by atoms with van der Waals surface area (Å²) in [6.45, 7) is 1.85. The third kappa shape index (κ3) is 1.98. The molecule has 0 spiro atoms. The summed E-state index contributed by atoms with van der Waals surface area (Å²) in [4.78, 5) is 4.43. The van der Waals surface area contributed by atoms with Gasteiger partial charge in [-0.2, -0.15) is 0 Å². The molecule has 0 fully saturated rings. The summed E-state index contributed by atoms with van der Waals surface area (Å²) in [7, 11) is 0. The minimum absolute atomic E-state index is 0.179. The van der Waals surface area contributed by atoms with E-state index in [0.29, 0.717) is 27.6 Å². The van der Waals surface area contributed by atoms with Gasteiger partial charge in [0.25, 0.3) is 0 Å². The summed E-state index contributed by atoms with van der Waals surface area (Å²) in [6, 6.07) is 10.4. The van der Waals surface area contributed by atoms with E-state index in [2.05, 4.69) is 4.98 Å². The van der Waals surface area contributed by atoms with Crippen molar-refractivity contribution < 1.29 is 4.39 Å². The Bertz CT molecular complexity index is 776. The smallest absolute Gasteiger partial charge is 0.147 e. The van der Waals surface area contributed by atoms with Crippen LogP contribution in [-0.2, 0) is 5.88 Å². The van der Waals surface area contributed by atoms with Gasteiger partial charge in [0.2, 0.25) is 0 Å². The fourth-order valence-electron chi connectivity index (χ4n) is 2.37. The van der Waals surface area contributed by atoms with Gasteiger partial charge in [0, 0.05) is 0 Å². The Morgan fingerprint density at radius 2 is 1.95 bits per heavy atom. The number of hydrogen-bond acceptors (Lipinski definition) is 1. The van der Waals surface area contributed by atoms with Gasteiger partial charge in [-0.1, -0.05) is 29.8 Å². The number of aromatic nitrogens is 2. The van der Waals surface area contributed by atoms with Crippen LogP contribution in [0.2, 0.25) is 5.02 Å². The minimum Gasteiger partial charge on any atom is -0.291 e. The van der Waals surface area contributed by atoms with Gasteiger partial charge in [0.1, 0.15) is 11.6 Å². The van der Waals surface area contributed by atoms with Crippen molar-refractivity contribution in [2.24, 2.45) is 0 Å². The van der Waals surface area contributed by atoms with Gasteiger partial charge in [-0.05, 0) is 30.7 Å². The zero-order valence-electron chi connectivity index (χ0n) is 10.7. The van der Waals surface area contributed by atoms with Crippen LogP contribution >= 0.6 is 23.2 Å². The van der Waals surface area contributed by atoms with E-state index in [1.807, 2.05) is 25.1 Å². The number of hydrogen-bond donors (Lipinski definition) is 0. The molecule has 0 N–H and O–H groups in total. The first-order valence-corrected chi connectivity index (χ1v) is 7.02. The maximum atomic E-state index is 14.3. The zero-order chi connectivity index (χ0) is 14.3. The molecule has 0 radical (unpaired) electrons. The van der Waals surface area contributed by atoms with Crippen molar-refractivity contribution in [2.75, 3.05) is 0 Å². The van der Waals surface area contributed by atoms with Crippen LogP contribution in [0.25, 0.3) is 16.7 Å². The molecule has 2 nitrogen and oxygen atoms in total. The lowest BCUT2D eigenvalue weighted by Crippen LogP contribution is -2.04. The predicted molar refractivity (Wildman–Crippen MR) is 80.3 cm³/mol. The second-order valence-electron chi connectivity index (χ2n) is 4.51. The number of rotatable bonds is 2. The second-order valence-corrected chi connectivity index (χ2v) is 5.18. The molecule has 0 unspecified atom stereocenters. The molecule has 1 heterocycles. The number of halogens is 3. The Hall–Kier alpha value is -1.58. The fourth-order valence-corrected chi connectivity index (χ4v) is 2.80. The van der Waals surface area contributed by atoms with Crippen LogP contribution in [0, 0.1) is 12.7 Å². The summed E-state index contributed by atoms with van der Waals surface area (Å²) in [5, 5.41) is 0.522. The van der Waals surface area contributed by atoms with Crippen molar-refractivity contribution in [3.8, 4) is 5.69 Å². The van der Waals surface area contributed by atoms with E-state index in [4.69, 9.17) is 23.2 Å². The SMILES string of the molecule is Cc1cccc(F)c1-n1c(CCl)nc2cccc(Cl)c21. The van der Waals surface area contributed by atoms with Gasteiger partial charge in [-0.25, -0.2) is 9.37 Å². The molecule has 0 aliphatic rings. The number of fused-ring (bicyclic) bond motifs is 1. The molecule has 0 aliphatic heterocycles. The van der Waals surface area contributed by atoms with Crippen LogP contribution in [0.4, 0.5) is 4.39 Å². The number of aryl methyl sites for hydroxylation is 1. The quantitative estimate of drug-likeness (QED) is 0.618. The number of alkyl halides is 1. The van der Waals surface area contributed by atoms with E-state index in [-0.39, 0.29) is 11.7 Å². The summed E-state index contributed by atoms with van der Waals surface area (Å²) >= 11 is 12.2. The van der Waals surface area contributed by atoms with Gasteiger partial charge < -0.3 is 0 Å². The molecule has 1 aromatic heterocycles.